The number of carbonyl (C=O) groups is 1. The summed E-state index contributed by atoms with van der Waals surface area (Å²) in [7, 11) is 3.47. The lowest BCUT2D eigenvalue weighted by Gasteiger charge is -2.14. The summed E-state index contributed by atoms with van der Waals surface area (Å²) in [4.78, 5) is 12.1. The molecule has 0 aliphatic heterocycles. The predicted octanol–water partition coefficient (Wildman–Crippen LogP) is 3.69. The second-order valence-electron chi connectivity index (χ2n) is 6.04. The minimum atomic E-state index is -0.308. The molecule has 3 rings (SSSR count). The number of rotatable bonds is 8. The molecule has 1 unspecified atom stereocenters. The van der Waals surface area contributed by atoms with Gasteiger partial charge in [0.2, 0.25) is 5.91 Å². The fraction of sp³-hybridized carbons (Fsp3) is 0.250. The number of hydrogen-bond acceptors (Lipinski definition) is 6. The quantitative estimate of drug-likeness (QED) is 0.583. The van der Waals surface area contributed by atoms with Crippen molar-refractivity contribution < 1.29 is 14.3 Å². The Kier molecular flexibility index (Phi) is 6.54. The molecule has 146 valence electrons. The van der Waals surface area contributed by atoms with Crippen LogP contribution in [0.15, 0.2) is 59.8 Å². The highest BCUT2D eigenvalue weighted by Gasteiger charge is 2.18. The van der Waals surface area contributed by atoms with Gasteiger partial charge in [0.25, 0.3) is 0 Å². The predicted molar refractivity (Wildman–Crippen MR) is 109 cm³/mol. The van der Waals surface area contributed by atoms with Crippen molar-refractivity contribution in [1.82, 2.24) is 14.8 Å². The molecule has 0 saturated carbocycles. The van der Waals surface area contributed by atoms with Gasteiger partial charge in [0.1, 0.15) is 11.5 Å². The lowest BCUT2D eigenvalue weighted by molar-refractivity contribution is -0.113. The van der Waals surface area contributed by atoms with Gasteiger partial charge in [-0.15, -0.1) is 10.2 Å². The smallest absolute Gasteiger partial charge is 0.234 e. The van der Waals surface area contributed by atoms with E-state index in [0.29, 0.717) is 16.7 Å². The van der Waals surface area contributed by atoms with Crippen molar-refractivity contribution in [2.75, 3.05) is 18.2 Å². The van der Waals surface area contributed by atoms with Gasteiger partial charge in [-0.05, 0) is 31.2 Å². The van der Waals surface area contributed by atoms with E-state index >= 15 is 0 Å². The number of amides is 1. The van der Waals surface area contributed by atoms with Gasteiger partial charge >= 0.3 is 0 Å². The molecule has 28 heavy (non-hydrogen) atoms. The van der Waals surface area contributed by atoms with E-state index in [-0.39, 0.29) is 17.8 Å². The van der Waals surface area contributed by atoms with E-state index in [1.54, 1.807) is 7.11 Å². The molecule has 0 bridgehead atoms. The zero-order chi connectivity index (χ0) is 19.9. The summed E-state index contributed by atoms with van der Waals surface area (Å²) in [5.41, 5.74) is 0.770. The molecule has 1 atom stereocenters. The first kappa shape index (κ1) is 19.8. The highest BCUT2D eigenvalue weighted by atomic mass is 32.2. The lowest BCUT2D eigenvalue weighted by Crippen LogP contribution is -2.14. The lowest BCUT2D eigenvalue weighted by atomic mass is 10.3. The van der Waals surface area contributed by atoms with Crippen LogP contribution in [-0.4, -0.2) is 33.5 Å². The monoisotopic (exact) mass is 398 g/mol. The molecular weight excluding hydrogens is 376 g/mol. The number of benzene rings is 2. The van der Waals surface area contributed by atoms with E-state index in [4.69, 9.17) is 9.47 Å². The minimum Gasteiger partial charge on any atom is -0.497 e. The van der Waals surface area contributed by atoms with Crippen LogP contribution in [0.4, 0.5) is 5.69 Å². The van der Waals surface area contributed by atoms with Crippen LogP contribution in [0.1, 0.15) is 18.9 Å². The Balaban J connectivity index is 1.59. The van der Waals surface area contributed by atoms with Crippen molar-refractivity contribution in [3.63, 3.8) is 0 Å². The van der Waals surface area contributed by atoms with Gasteiger partial charge in [-0.25, -0.2) is 0 Å². The van der Waals surface area contributed by atoms with Gasteiger partial charge in [-0.3, -0.25) is 4.79 Å². The summed E-state index contributed by atoms with van der Waals surface area (Å²) in [5.74, 6) is 2.23. The number of methoxy groups -OCH3 is 1. The molecule has 8 heteroatoms. The number of para-hydroxylation sites is 1. The molecule has 0 aliphatic rings. The molecular formula is C20H22N4O3S. The zero-order valence-corrected chi connectivity index (χ0v) is 16.8. The van der Waals surface area contributed by atoms with Gasteiger partial charge < -0.3 is 19.4 Å². The number of anilines is 1. The Morgan fingerprint density at radius 1 is 1.14 bits per heavy atom. The molecule has 7 nitrogen and oxygen atoms in total. The SMILES string of the molecule is COc1cccc(OC(C)c2nnc(SCC(=O)Nc3ccccc3)n2C)c1. The van der Waals surface area contributed by atoms with Gasteiger partial charge in [-0.2, -0.15) is 0 Å². The van der Waals surface area contributed by atoms with Crippen molar-refractivity contribution >= 4 is 23.4 Å². The highest BCUT2D eigenvalue weighted by Crippen LogP contribution is 2.26. The summed E-state index contributed by atoms with van der Waals surface area (Å²) < 4.78 is 13.0. The van der Waals surface area contributed by atoms with Crippen molar-refractivity contribution in [3.8, 4) is 11.5 Å². The van der Waals surface area contributed by atoms with Crippen LogP contribution in [0.25, 0.3) is 0 Å². The topological polar surface area (TPSA) is 78.3 Å². The summed E-state index contributed by atoms with van der Waals surface area (Å²) in [5, 5.41) is 11.9. The second-order valence-corrected chi connectivity index (χ2v) is 6.98. The molecule has 0 fully saturated rings. The van der Waals surface area contributed by atoms with E-state index in [0.717, 1.165) is 11.4 Å². The number of aromatic nitrogens is 3. The molecule has 0 spiro atoms. The van der Waals surface area contributed by atoms with Crippen LogP contribution >= 0.6 is 11.8 Å². The summed E-state index contributed by atoms with van der Waals surface area (Å²) >= 11 is 1.33. The maximum atomic E-state index is 12.1. The number of nitrogens with one attached hydrogen (secondary N) is 1. The normalized spacial score (nSPS) is 11.7. The molecule has 0 radical (unpaired) electrons. The average Bonchev–Trinajstić information content (AvgIpc) is 3.08. The van der Waals surface area contributed by atoms with Gasteiger partial charge in [0.15, 0.2) is 17.1 Å². The largest absolute Gasteiger partial charge is 0.497 e. The third-order valence-electron chi connectivity index (χ3n) is 3.98. The standard InChI is InChI=1S/C20H22N4O3S/c1-14(27-17-11-7-10-16(12-17)26-3)19-22-23-20(24(19)2)28-13-18(25)21-15-8-5-4-6-9-15/h4-12,14H,13H2,1-3H3,(H,21,25). The Hall–Kier alpha value is -3.00. The summed E-state index contributed by atoms with van der Waals surface area (Å²) in [6, 6.07) is 16.7. The zero-order valence-electron chi connectivity index (χ0n) is 16.0. The van der Waals surface area contributed by atoms with E-state index < -0.39 is 0 Å². The maximum Gasteiger partial charge on any atom is 0.234 e. The van der Waals surface area contributed by atoms with Gasteiger partial charge in [0, 0.05) is 18.8 Å². The summed E-state index contributed by atoms with van der Waals surface area (Å²) in [6.07, 6.45) is -0.308. The van der Waals surface area contributed by atoms with Crippen molar-refractivity contribution in [2.45, 2.75) is 18.2 Å². The van der Waals surface area contributed by atoms with Crippen LogP contribution in [0.2, 0.25) is 0 Å². The molecule has 0 aliphatic carbocycles. The maximum absolute atomic E-state index is 12.1. The first-order valence-electron chi connectivity index (χ1n) is 8.74. The van der Waals surface area contributed by atoms with E-state index in [1.807, 2.05) is 73.1 Å². The van der Waals surface area contributed by atoms with E-state index in [2.05, 4.69) is 15.5 Å². The van der Waals surface area contributed by atoms with Gasteiger partial charge in [0.05, 0.1) is 12.9 Å². The number of thioether (sulfide) groups is 1. The first-order chi connectivity index (χ1) is 13.6. The molecule has 2 aromatic carbocycles. The number of nitrogens with zero attached hydrogens (tertiary/aromatic N) is 3. The van der Waals surface area contributed by atoms with Crippen LogP contribution in [0.5, 0.6) is 11.5 Å². The Labute approximate surface area is 168 Å². The van der Waals surface area contributed by atoms with Crippen LogP contribution in [0.3, 0.4) is 0 Å². The van der Waals surface area contributed by atoms with Crippen LogP contribution < -0.4 is 14.8 Å². The van der Waals surface area contributed by atoms with Crippen molar-refractivity contribution in [1.29, 1.82) is 0 Å². The third kappa shape index (κ3) is 5.04. The molecule has 1 aromatic heterocycles. The molecule has 1 N–H and O–H groups in total. The van der Waals surface area contributed by atoms with E-state index in [1.165, 1.54) is 11.8 Å². The number of ether oxygens (including phenoxy) is 2. The average molecular weight is 398 g/mol. The Morgan fingerprint density at radius 3 is 2.64 bits per heavy atom. The molecule has 3 aromatic rings. The fourth-order valence-corrected chi connectivity index (χ4v) is 3.30. The molecule has 1 amide bonds. The summed E-state index contributed by atoms with van der Waals surface area (Å²) in [6.45, 7) is 1.90. The van der Waals surface area contributed by atoms with Gasteiger partial charge in [-0.1, -0.05) is 36.0 Å². The Bertz CT molecular complexity index is 930. The van der Waals surface area contributed by atoms with Crippen molar-refractivity contribution in [3.05, 3.63) is 60.4 Å². The third-order valence-corrected chi connectivity index (χ3v) is 5.00. The second kappa shape index (κ2) is 9.27. The number of hydrogen-bond donors (Lipinski definition) is 1. The number of carbonyl (C=O) groups excluding carboxylic acids is 1. The molecule has 0 saturated heterocycles. The fourth-order valence-electron chi connectivity index (χ4n) is 2.59. The van der Waals surface area contributed by atoms with Crippen LogP contribution in [0, 0.1) is 0 Å². The first-order valence-corrected chi connectivity index (χ1v) is 9.73. The molecule has 1 heterocycles. The van der Waals surface area contributed by atoms with Crippen LogP contribution in [-0.2, 0) is 11.8 Å². The Morgan fingerprint density at radius 2 is 1.89 bits per heavy atom. The van der Waals surface area contributed by atoms with Crippen molar-refractivity contribution in [2.24, 2.45) is 7.05 Å². The minimum absolute atomic E-state index is 0.0959. The highest BCUT2D eigenvalue weighted by molar-refractivity contribution is 7.99. The van der Waals surface area contributed by atoms with E-state index in [9.17, 15) is 4.79 Å².